The number of fused-ring (bicyclic) bond motifs is 4. The highest BCUT2D eigenvalue weighted by Crippen LogP contribution is 2.45. The van der Waals surface area contributed by atoms with E-state index in [0.717, 1.165) is 12.8 Å². The summed E-state index contributed by atoms with van der Waals surface area (Å²) in [5.41, 5.74) is 9.32. The average molecular weight is 277 g/mol. The first kappa shape index (κ1) is 13.3. The molecule has 2 bridgehead atoms. The summed E-state index contributed by atoms with van der Waals surface area (Å²) in [5, 5.41) is 10.3. The van der Waals surface area contributed by atoms with Crippen molar-refractivity contribution < 1.29 is 5.11 Å². The maximum absolute atomic E-state index is 9.82. The molecule has 3 rings (SSSR count). The number of phenols is 1. The van der Waals surface area contributed by atoms with Crippen molar-refractivity contribution in [1.82, 2.24) is 0 Å². The molecule has 1 saturated heterocycles. The third kappa shape index (κ3) is 2.27. The summed E-state index contributed by atoms with van der Waals surface area (Å²) in [6, 6.07) is 6.07. The van der Waals surface area contributed by atoms with E-state index < -0.39 is 0 Å². The summed E-state index contributed by atoms with van der Waals surface area (Å²) in [6.07, 6.45) is 6.05. The van der Waals surface area contributed by atoms with E-state index in [2.05, 4.69) is 24.8 Å². The van der Waals surface area contributed by atoms with Crippen molar-refractivity contribution in [2.24, 2.45) is 5.73 Å². The van der Waals surface area contributed by atoms with E-state index in [0.29, 0.717) is 11.0 Å². The van der Waals surface area contributed by atoms with Crippen molar-refractivity contribution in [3.8, 4) is 5.75 Å². The molecule has 2 aliphatic rings. The monoisotopic (exact) mass is 277 g/mol. The fourth-order valence-corrected chi connectivity index (χ4v) is 5.16. The van der Waals surface area contributed by atoms with Gasteiger partial charge in [-0.15, -0.1) is 0 Å². The Morgan fingerprint density at radius 3 is 3.00 bits per heavy atom. The Balaban J connectivity index is 2.08. The zero-order valence-corrected chi connectivity index (χ0v) is 12.4. The third-order valence-corrected chi connectivity index (χ3v) is 6.35. The van der Waals surface area contributed by atoms with Gasteiger partial charge in [0.2, 0.25) is 0 Å². The molecule has 0 aromatic heterocycles. The maximum atomic E-state index is 9.82. The zero-order valence-electron chi connectivity index (χ0n) is 11.6. The first-order valence-electron chi connectivity index (χ1n) is 7.31. The van der Waals surface area contributed by atoms with E-state index in [4.69, 9.17) is 5.73 Å². The summed E-state index contributed by atoms with van der Waals surface area (Å²) in [6.45, 7) is 2.30. The predicted octanol–water partition coefficient (Wildman–Crippen LogP) is 3.21. The molecule has 1 aromatic rings. The van der Waals surface area contributed by atoms with Crippen LogP contribution in [-0.2, 0) is 11.8 Å². The van der Waals surface area contributed by atoms with Crippen LogP contribution < -0.4 is 5.73 Å². The van der Waals surface area contributed by atoms with Gasteiger partial charge in [0.1, 0.15) is 5.75 Å². The van der Waals surface area contributed by atoms with Gasteiger partial charge in [0.05, 0.1) is 0 Å². The molecule has 2 unspecified atom stereocenters. The molecule has 1 aliphatic heterocycles. The topological polar surface area (TPSA) is 46.2 Å². The molecule has 104 valence electrons. The van der Waals surface area contributed by atoms with Gasteiger partial charge in [0.25, 0.3) is 0 Å². The standard InChI is InChI=1S/C16H23NOS/c1-16-7-3-2-4-8-19-14(15(16)17)9-11-5-6-12(18)10-13(11)16/h5-6,10,14-15,18H,2-4,7-9,17H2,1H3/t14?,15-,16?/m1/s1. The molecule has 3 atom stereocenters. The molecule has 3 N–H and O–H groups in total. The fourth-order valence-electron chi connectivity index (χ4n) is 3.68. The first-order chi connectivity index (χ1) is 9.11. The molecule has 0 spiro atoms. The number of phenolic OH excluding ortho intramolecular Hbond substituents is 1. The Labute approximate surface area is 119 Å². The number of thioether (sulfide) groups is 1. The summed E-state index contributed by atoms with van der Waals surface area (Å²) in [5.74, 6) is 1.61. The van der Waals surface area contributed by atoms with Crippen molar-refractivity contribution in [3.05, 3.63) is 29.3 Å². The van der Waals surface area contributed by atoms with E-state index >= 15 is 0 Å². The Bertz CT molecular complexity index is 476. The van der Waals surface area contributed by atoms with Gasteiger partial charge in [-0.2, -0.15) is 11.8 Å². The second-order valence-electron chi connectivity index (χ2n) is 6.21. The molecule has 19 heavy (non-hydrogen) atoms. The molecule has 2 nitrogen and oxygen atoms in total. The molecular formula is C16H23NOS. The van der Waals surface area contributed by atoms with Gasteiger partial charge in [0, 0.05) is 16.7 Å². The van der Waals surface area contributed by atoms with Gasteiger partial charge in [-0.25, -0.2) is 0 Å². The number of aromatic hydroxyl groups is 1. The van der Waals surface area contributed by atoms with E-state index in [1.54, 1.807) is 0 Å². The van der Waals surface area contributed by atoms with Gasteiger partial charge in [-0.3, -0.25) is 0 Å². The molecule has 0 amide bonds. The van der Waals surface area contributed by atoms with E-state index in [9.17, 15) is 5.11 Å². The van der Waals surface area contributed by atoms with Crippen LogP contribution in [-0.4, -0.2) is 22.2 Å². The van der Waals surface area contributed by atoms with Crippen LogP contribution in [0.15, 0.2) is 18.2 Å². The minimum atomic E-state index is 0.0222. The molecule has 1 heterocycles. The van der Waals surface area contributed by atoms with Crippen LogP contribution in [0, 0.1) is 0 Å². The molecule has 0 radical (unpaired) electrons. The number of benzene rings is 1. The van der Waals surface area contributed by atoms with Crippen LogP contribution >= 0.6 is 11.8 Å². The second kappa shape index (κ2) is 5.02. The van der Waals surface area contributed by atoms with Gasteiger partial charge < -0.3 is 10.8 Å². The summed E-state index contributed by atoms with van der Waals surface area (Å²) in [7, 11) is 0. The summed E-state index contributed by atoms with van der Waals surface area (Å²) in [4.78, 5) is 0. The lowest BCUT2D eigenvalue weighted by Crippen LogP contribution is -2.53. The highest BCUT2D eigenvalue weighted by Gasteiger charge is 2.43. The number of nitrogens with two attached hydrogens (primary N) is 1. The quantitative estimate of drug-likeness (QED) is 0.765. The van der Waals surface area contributed by atoms with Crippen LogP contribution in [0.3, 0.4) is 0 Å². The molecule has 0 saturated carbocycles. The molecular weight excluding hydrogens is 254 g/mol. The number of hydrogen-bond acceptors (Lipinski definition) is 3. The van der Waals surface area contributed by atoms with Crippen LogP contribution in [0.25, 0.3) is 0 Å². The highest BCUT2D eigenvalue weighted by molar-refractivity contribution is 7.99. The first-order valence-corrected chi connectivity index (χ1v) is 8.36. The van der Waals surface area contributed by atoms with Crippen molar-refractivity contribution in [2.45, 2.75) is 55.7 Å². The van der Waals surface area contributed by atoms with Crippen molar-refractivity contribution in [1.29, 1.82) is 0 Å². The minimum Gasteiger partial charge on any atom is -0.508 e. The Morgan fingerprint density at radius 2 is 2.16 bits per heavy atom. The molecule has 3 heteroatoms. The molecule has 1 fully saturated rings. The maximum Gasteiger partial charge on any atom is 0.115 e. The fraction of sp³-hybridized carbons (Fsp3) is 0.625. The van der Waals surface area contributed by atoms with Gasteiger partial charge in [0.15, 0.2) is 0 Å². The zero-order chi connectivity index (χ0) is 13.5. The van der Waals surface area contributed by atoms with Crippen molar-refractivity contribution >= 4 is 11.8 Å². The highest BCUT2D eigenvalue weighted by atomic mass is 32.2. The van der Waals surface area contributed by atoms with Crippen LogP contribution in [0.2, 0.25) is 0 Å². The van der Waals surface area contributed by atoms with Crippen LogP contribution in [0.5, 0.6) is 5.75 Å². The normalized spacial score (nSPS) is 34.8. The average Bonchev–Trinajstić information content (AvgIpc) is 2.44. The van der Waals surface area contributed by atoms with Crippen LogP contribution in [0.4, 0.5) is 0 Å². The smallest absolute Gasteiger partial charge is 0.115 e. The minimum absolute atomic E-state index is 0.0222. The van der Waals surface area contributed by atoms with E-state index in [1.807, 2.05) is 12.1 Å². The molecule has 1 aromatic carbocycles. The lowest BCUT2D eigenvalue weighted by atomic mass is 9.65. The van der Waals surface area contributed by atoms with Gasteiger partial charge in [-0.1, -0.05) is 25.8 Å². The lowest BCUT2D eigenvalue weighted by Gasteiger charge is -2.45. The summed E-state index contributed by atoms with van der Waals surface area (Å²) < 4.78 is 0. The van der Waals surface area contributed by atoms with Crippen molar-refractivity contribution in [3.63, 3.8) is 0 Å². The predicted molar refractivity (Wildman–Crippen MR) is 81.9 cm³/mol. The van der Waals surface area contributed by atoms with Gasteiger partial charge >= 0.3 is 0 Å². The second-order valence-corrected chi connectivity index (χ2v) is 7.56. The van der Waals surface area contributed by atoms with Crippen LogP contribution in [0.1, 0.15) is 43.7 Å². The third-order valence-electron chi connectivity index (χ3n) is 4.94. The van der Waals surface area contributed by atoms with E-state index in [1.165, 1.54) is 36.1 Å². The SMILES string of the molecule is CC12CCCCCSC(Cc3ccc(O)cc31)[C@H]2N. The Hall–Kier alpha value is -0.670. The van der Waals surface area contributed by atoms with Gasteiger partial charge in [-0.05, 0) is 48.3 Å². The summed E-state index contributed by atoms with van der Waals surface area (Å²) >= 11 is 2.05. The number of hydrogen-bond donors (Lipinski definition) is 2. The van der Waals surface area contributed by atoms with Crippen molar-refractivity contribution in [2.75, 3.05) is 5.75 Å². The Morgan fingerprint density at radius 1 is 1.32 bits per heavy atom. The lowest BCUT2D eigenvalue weighted by molar-refractivity contribution is 0.310. The molecule has 1 aliphatic carbocycles. The Kier molecular flexibility index (Phi) is 3.52. The van der Waals surface area contributed by atoms with E-state index in [-0.39, 0.29) is 11.5 Å². The largest absolute Gasteiger partial charge is 0.508 e. The number of rotatable bonds is 0.